The minimum absolute atomic E-state index is 0.214. The third kappa shape index (κ3) is 5.41. The lowest BCUT2D eigenvalue weighted by Gasteiger charge is -2.14. The van der Waals surface area contributed by atoms with E-state index < -0.39 is 5.97 Å². The number of halogens is 1. The van der Waals surface area contributed by atoms with Crippen molar-refractivity contribution in [2.75, 3.05) is 11.9 Å². The summed E-state index contributed by atoms with van der Waals surface area (Å²) in [6, 6.07) is 4.81. The number of benzene rings is 1. The molecular formula is C16H19ClN2O3S. The highest BCUT2D eigenvalue weighted by molar-refractivity contribution is 7.15. The largest absolute Gasteiger partial charge is 0.491 e. The molecule has 0 saturated carbocycles. The smallest absolute Gasteiger partial charge is 0.335 e. The topological polar surface area (TPSA) is 71.5 Å². The summed E-state index contributed by atoms with van der Waals surface area (Å²) in [5.74, 6) is 0.220. The number of carboxylic acids is 1. The maximum absolute atomic E-state index is 11.2. The van der Waals surface area contributed by atoms with Gasteiger partial charge < -0.3 is 15.2 Å². The minimum atomic E-state index is -0.970. The van der Waals surface area contributed by atoms with Crippen LogP contribution in [0.3, 0.4) is 0 Å². The van der Waals surface area contributed by atoms with Crippen LogP contribution in [0.4, 0.5) is 5.69 Å². The second-order valence-electron chi connectivity index (χ2n) is 5.48. The van der Waals surface area contributed by atoms with Gasteiger partial charge >= 0.3 is 5.97 Å². The maximum atomic E-state index is 11.2. The Morgan fingerprint density at radius 2 is 2.26 bits per heavy atom. The molecule has 0 saturated heterocycles. The van der Waals surface area contributed by atoms with Gasteiger partial charge in [-0.05, 0) is 30.5 Å². The van der Waals surface area contributed by atoms with Crippen molar-refractivity contribution in [1.82, 2.24) is 4.98 Å². The molecule has 1 aromatic carbocycles. The fourth-order valence-corrected chi connectivity index (χ4v) is 2.80. The summed E-state index contributed by atoms with van der Waals surface area (Å²) in [5, 5.41) is 12.3. The number of hydrogen-bond acceptors (Lipinski definition) is 5. The third-order valence-electron chi connectivity index (χ3n) is 3.16. The van der Waals surface area contributed by atoms with E-state index in [9.17, 15) is 4.79 Å². The Kier molecular flexibility index (Phi) is 6.24. The average molecular weight is 355 g/mol. The summed E-state index contributed by atoms with van der Waals surface area (Å²) < 4.78 is 6.26. The summed E-state index contributed by atoms with van der Waals surface area (Å²) in [6.07, 6.45) is 2.63. The molecule has 7 heteroatoms. The molecule has 0 aliphatic carbocycles. The monoisotopic (exact) mass is 354 g/mol. The molecule has 1 aromatic heterocycles. The molecule has 2 rings (SSSR count). The highest BCUT2D eigenvalue weighted by Gasteiger charge is 2.10. The molecule has 1 heterocycles. The number of hydrogen-bond donors (Lipinski definition) is 2. The van der Waals surface area contributed by atoms with Crippen molar-refractivity contribution in [1.29, 1.82) is 0 Å². The predicted octanol–water partition coefficient (Wildman–Crippen LogP) is 4.53. The van der Waals surface area contributed by atoms with Crippen LogP contribution in [0, 0.1) is 5.92 Å². The molecule has 2 N–H and O–H groups in total. The number of aromatic nitrogens is 1. The molecular weight excluding hydrogens is 336 g/mol. The van der Waals surface area contributed by atoms with Gasteiger partial charge in [-0.2, -0.15) is 0 Å². The van der Waals surface area contributed by atoms with E-state index >= 15 is 0 Å². The van der Waals surface area contributed by atoms with Crippen LogP contribution >= 0.6 is 22.9 Å². The van der Waals surface area contributed by atoms with Gasteiger partial charge in [-0.25, -0.2) is 9.78 Å². The van der Waals surface area contributed by atoms with E-state index in [4.69, 9.17) is 21.4 Å². The molecule has 23 heavy (non-hydrogen) atoms. The second-order valence-corrected chi connectivity index (χ2v) is 7.18. The van der Waals surface area contributed by atoms with E-state index in [-0.39, 0.29) is 5.56 Å². The van der Waals surface area contributed by atoms with Gasteiger partial charge in [-0.3, -0.25) is 0 Å². The predicted molar refractivity (Wildman–Crippen MR) is 92.8 cm³/mol. The summed E-state index contributed by atoms with van der Waals surface area (Å²) in [7, 11) is 0. The van der Waals surface area contributed by atoms with E-state index in [1.165, 1.54) is 11.3 Å². The number of anilines is 1. The summed E-state index contributed by atoms with van der Waals surface area (Å²) >= 11 is 7.20. The molecule has 2 aromatic rings. The van der Waals surface area contributed by atoms with Gasteiger partial charge in [-0.15, -0.1) is 11.3 Å². The number of carbonyl (C=O) groups is 1. The van der Waals surface area contributed by atoms with Crippen LogP contribution in [-0.4, -0.2) is 22.7 Å². The zero-order chi connectivity index (χ0) is 16.8. The van der Waals surface area contributed by atoms with Crippen LogP contribution < -0.4 is 10.1 Å². The van der Waals surface area contributed by atoms with Crippen molar-refractivity contribution in [2.24, 2.45) is 5.92 Å². The Labute approximate surface area is 144 Å². The van der Waals surface area contributed by atoms with Crippen LogP contribution in [0.25, 0.3) is 0 Å². The lowest BCUT2D eigenvalue weighted by Crippen LogP contribution is -2.07. The van der Waals surface area contributed by atoms with Gasteiger partial charge in [0.2, 0.25) is 0 Å². The first kappa shape index (κ1) is 17.6. The molecule has 0 bridgehead atoms. The second kappa shape index (κ2) is 8.17. The number of aromatic carboxylic acids is 1. The van der Waals surface area contributed by atoms with Gasteiger partial charge in [0.15, 0.2) is 4.47 Å². The van der Waals surface area contributed by atoms with Crippen LogP contribution in [0.2, 0.25) is 4.47 Å². The summed E-state index contributed by atoms with van der Waals surface area (Å²) in [5.41, 5.74) is 0.865. The molecule has 124 valence electrons. The molecule has 0 aliphatic rings. The van der Waals surface area contributed by atoms with E-state index in [1.54, 1.807) is 24.4 Å². The first-order chi connectivity index (χ1) is 11.0. The Balaban J connectivity index is 2.11. The first-order valence-electron chi connectivity index (χ1n) is 7.30. The van der Waals surface area contributed by atoms with Crippen molar-refractivity contribution in [3.63, 3.8) is 0 Å². The maximum Gasteiger partial charge on any atom is 0.335 e. The Morgan fingerprint density at radius 3 is 2.87 bits per heavy atom. The lowest BCUT2D eigenvalue weighted by atomic mass is 10.1. The Morgan fingerprint density at radius 1 is 1.48 bits per heavy atom. The molecule has 0 atom stereocenters. The Hall–Kier alpha value is -1.79. The number of nitrogens with zero attached hydrogens (tertiary/aromatic N) is 1. The number of ether oxygens (including phenoxy) is 1. The zero-order valence-electron chi connectivity index (χ0n) is 13.0. The van der Waals surface area contributed by atoms with Gasteiger partial charge in [0.05, 0.1) is 24.4 Å². The van der Waals surface area contributed by atoms with Crippen LogP contribution in [0.5, 0.6) is 5.75 Å². The quantitative estimate of drug-likeness (QED) is 0.728. The number of carboxylic acid groups (broad SMARTS) is 1. The van der Waals surface area contributed by atoms with E-state index in [0.717, 1.165) is 11.3 Å². The lowest BCUT2D eigenvalue weighted by molar-refractivity contribution is 0.0697. The van der Waals surface area contributed by atoms with Gasteiger partial charge in [-0.1, -0.05) is 25.4 Å². The van der Waals surface area contributed by atoms with Crippen molar-refractivity contribution in [3.05, 3.63) is 39.3 Å². The summed E-state index contributed by atoms with van der Waals surface area (Å²) in [6.45, 7) is 5.35. The highest BCUT2D eigenvalue weighted by Crippen LogP contribution is 2.28. The standard InChI is InChI=1S/C16H19ClN2O3S/c1-10(2)5-6-22-14-4-3-11(15(20)21)7-13(14)18-8-12-9-19-16(17)23-12/h3-4,7,9-10,18H,5-6,8H2,1-2H3,(H,20,21). The number of rotatable bonds is 8. The number of nitrogens with one attached hydrogen (secondary N) is 1. The summed E-state index contributed by atoms with van der Waals surface area (Å²) in [4.78, 5) is 16.1. The average Bonchev–Trinajstić information content (AvgIpc) is 2.91. The van der Waals surface area contributed by atoms with E-state index in [0.29, 0.717) is 35.0 Å². The molecule has 0 unspecified atom stereocenters. The minimum Gasteiger partial charge on any atom is -0.491 e. The van der Waals surface area contributed by atoms with Crippen LogP contribution in [-0.2, 0) is 6.54 Å². The fourth-order valence-electron chi connectivity index (χ4n) is 1.88. The van der Waals surface area contributed by atoms with Gasteiger partial charge in [0, 0.05) is 11.1 Å². The number of thiazole rings is 1. The SMILES string of the molecule is CC(C)CCOc1ccc(C(=O)O)cc1NCc1cnc(Cl)s1. The van der Waals surface area contributed by atoms with Gasteiger partial charge in [0.25, 0.3) is 0 Å². The fraction of sp³-hybridized carbons (Fsp3) is 0.375. The Bertz CT molecular complexity index is 673. The van der Waals surface area contributed by atoms with Crippen molar-refractivity contribution in [3.8, 4) is 5.75 Å². The molecule has 5 nitrogen and oxygen atoms in total. The van der Waals surface area contributed by atoms with Crippen molar-refractivity contribution < 1.29 is 14.6 Å². The van der Waals surface area contributed by atoms with Gasteiger partial charge in [0.1, 0.15) is 5.75 Å². The van der Waals surface area contributed by atoms with Crippen molar-refractivity contribution in [2.45, 2.75) is 26.8 Å². The highest BCUT2D eigenvalue weighted by atomic mass is 35.5. The molecule has 0 fully saturated rings. The van der Waals surface area contributed by atoms with Crippen molar-refractivity contribution >= 4 is 34.6 Å². The molecule has 0 amide bonds. The molecule has 0 spiro atoms. The zero-order valence-corrected chi connectivity index (χ0v) is 14.6. The van der Waals surface area contributed by atoms with Crippen LogP contribution in [0.15, 0.2) is 24.4 Å². The third-order valence-corrected chi connectivity index (χ3v) is 4.27. The van der Waals surface area contributed by atoms with E-state index in [1.807, 2.05) is 0 Å². The molecule has 0 aliphatic heterocycles. The normalized spacial score (nSPS) is 10.8. The first-order valence-corrected chi connectivity index (χ1v) is 8.49. The van der Waals surface area contributed by atoms with Crippen LogP contribution in [0.1, 0.15) is 35.5 Å². The van der Waals surface area contributed by atoms with E-state index in [2.05, 4.69) is 24.1 Å². The molecule has 0 radical (unpaired) electrons.